The summed E-state index contributed by atoms with van der Waals surface area (Å²) in [4.78, 5) is 25.0. The van der Waals surface area contributed by atoms with E-state index >= 15 is 0 Å². The van der Waals surface area contributed by atoms with Crippen molar-refractivity contribution in [2.24, 2.45) is 5.18 Å². The highest BCUT2D eigenvalue weighted by molar-refractivity contribution is 6.03. The third kappa shape index (κ3) is 4.13. The van der Waals surface area contributed by atoms with E-state index in [2.05, 4.69) is 19.0 Å². The molecule has 1 aromatic rings. The lowest BCUT2D eigenvalue weighted by atomic mass is 9.81. The fourth-order valence-electron chi connectivity index (χ4n) is 2.78. The van der Waals surface area contributed by atoms with Gasteiger partial charge in [0.25, 0.3) is 0 Å². The van der Waals surface area contributed by atoms with E-state index in [-0.39, 0.29) is 18.9 Å². The molecule has 0 amide bonds. The van der Waals surface area contributed by atoms with E-state index in [4.69, 9.17) is 4.74 Å². The topological polar surface area (TPSA) is 59.0 Å². The lowest BCUT2D eigenvalue weighted by molar-refractivity contribution is 0.0640. The molecule has 0 heterocycles. The SMILES string of the molecule is CCCC(CC)(C(=O)c1ccc(OCCN=O)cc1)N(C)C. The molecule has 1 unspecified atom stereocenters. The second-order valence-corrected chi connectivity index (χ2v) is 5.58. The van der Waals surface area contributed by atoms with Gasteiger partial charge in [-0.15, -0.1) is 0 Å². The summed E-state index contributed by atoms with van der Waals surface area (Å²) >= 11 is 0. The van der Waals surface area contributed by atoms with Crippen LogP contribution in [-0.4, -0.2) is 43.5 Å². The third-order valence-electron chi connectivity index (χ3n) is 4.10. The van der Waals surface area contributed by atoms with E-state index in [1.54, 1.807) is 24.3 Å². The van der Waals surface area contributed by atoms with Crippen LogP contribution in [0.5, 0.6) is 5.75 Å². The van der Waals surface area contributed by atoms with Crippen molar-refractivity contribution in [3.63, 3.8) is 0 Å². The minimum atomic E-state index is -0.460. The number of carbonyl (C=O) groups is 1. The Kier molecular flexibility index (Phi) is 7.18. The monoisotopic (exact) mass is 306 g/mol. The zero-order chi connectivity index (χ0) is 16.6. The smallest absolute Gasteiger partial charge is 0.183 e. The van der Waals surface area contributed by atoms with Gasteiger partial charge in [0.15, 0.2) is 5.78 Å². The number of rotatable bonds is 10. The maximum Gasteiger partial charge on any atom is 0.183 e. The Morgan fingerprint density at radius 1 is 1.23 bits per heavy atom. The fourth-order valence-corrected chi connectivity index (χ4v) is 2.78. The van der Waals surface area contributed by atoms with Gasteiger partial charge < -0.3 is 4.74 Å². The third-order valence-corrected chi connectivity index (χ3v) is 4.10. The summed E-state index contributed by atoms with van der Waals surface area (Å²) in [7, 11) is 3.92. The number of nitrogens with zero attached hydrogens (tertiary/aromatic N) is 2. The largest absolute Gasteiger partial charge is 0.492 e. The van der Waals surface area contributed by atoms with Crippen LogP contribution in [0.3, 0.4) is 0 Å². The first kappa shape index (κ1) is 18.3. The normalized spacial score (nSPS) is 13.7. The molecule has 0 spiro atoms. The van der Waals surface area contributed by atoms with Gasteiger partial charge in [0, 0.05) is 5.56 Å². The van der Waals surface area contributed by atoms with Crippen molar-refractivity contribution in [3.05, 3.63) is 34.7 Å². The quantitative estimate of drug-likeness (QED) is 0.377. The van der Waals surface area contributed by atoms with Crippen molar-refractivity contribution in [1.82, 2.24) is 4.90 Å². The Morgan fingerprint density at radius 2 is 1.86 bits per heavy atom. The van der Waals surface area contributed by atoms with Crippen molar-refractivity contribution in [2.75, 3.05) is 27.2 Å². The second kappa shape index (κ2) is 8.63. The van der Waals surface area contributed by atoms with Gasteiger partial charge >= 0.3 is 0 Å². The number of Topliss-reactive ketones (excluding diaryl/α,β-unsaturated/α-hetero) is 1. The Hall–Kier alpha value is -1.75. The maximum absolute atomic E-state index is 13.0. The van der Waals surface area contributed by atoms with Crippen molar-refractivity contribution in [1.29, 1.82) is 0 Å². The number of hydrogen-bond acceptors (Lipinski definition) is 5. The Balaban J connectivity index is 2.93. The summed E-state index contributed by atoms with van der Waals surface area (Å²) in [6, 6.07) is 7.10. The first-order chi connectivity index (χ1) is 10.5. The van der Waals surface area contributed by atoms with Crippen LogP contribution in [0.1, 0.15) is 43.5 Å². The van der Waals surface area contributed by atoms with Crippen molar-refractivity contribution < 1.29 is 9.53 Å². The summed E-state index contributed by atoms with van der Waals surface area (Å²) in [5.41, 5.74) is 0.225. The fraction of sp³-hybridized carbons (Fsp3) is 0.588. The van der Waals surface area contributed by atoms with Crippen LogP contribution in [-0.2, 0) is 0 Å². The molecule has 0 N–H and O–H groups in total. The molecule has 1 atom stereocenters. The molecule has 122 valence electrons. The molecule has 0 saturated heterocycles. The molecule has 5 nitrogen and oxygen atoms in total. The van der Waals surface area contributed by atoms with Gasteiger partial charge in [0.05, 0.1) is 5.54 Å². The van der Waals surface area contributed by atoms with E-state index in [1.165, 1.54) is 0 Å². The van der Waals surface area contributed by atoms with Crippen molar-refractivity contribution in [2.45, 2.75) is 38.6 Å². The molecule has 0 aromatic heterocycles. The summed E-state index contributed by atoms with van der Waals surface area (Å²) < 4.78 is 5.37. The van der Waals surface area contributed by atoms with E-state index < -0.39 is 5.54 Å². The number of likely N-dealkylation sites (N-methyl/N-ethyl adjacent to an activating group) is 1. The molecule has 1 rings (SSSR count). The highest BCUT2D eigenvalue weighted by Crippen LogP contribution is 2.28. The first-order valence-corrected chi connectivity index (χ1v) is 7.76. The maximum atomic E-state index is 13.0. The predicted octanol–water partition coefficient (Wildman–Crippen LogP) is 3.53. The van der Waals surface area contributed by atoms with Crippen LogP contribution in [0.2, 0.25) is 0 Å². The van der Waals surface area contributed by atoms with Gasteiger partial charge in [0.2, 0.25) is 0 Å². The van der Waals surface area contributed by atoms with Gasteiger partial charge in [-0.3, -0.25) is 9.69 Å². The number of ketones is 1. The Labute approximate surface area is 132 Å². The van der Waals surface area contributed by atoms with Crippen LogP contribution in [0.15, 0.2) is 29.4 Å². The number of hydrogen-bond donors (Lipinski definition) is 0. The molecular weight excluding hydrogens is 280 g/mol. The van der Waals surface area contributed by atoms with Crippen LogP contribution in [0.25, 0.3) is 0 Å². The van der Waals surface area contributed by atoms with Crippen molar-refractivity contribution >= 4 is 5.78 Å². The predicted molar refractivity (Wildman–Crippen MR) is 88.5 cm³/mol. The molecule has 1 aromatic carbocycles. The molecule has 0 aliphatic heterocycles. The highest BCUT2D eigenvalue weighted by Gasteiger charge is 2.38. The van der Waals surface area contributed by atoms with Gasteiger partial charge in [-0.25, -0.2) is 0 Å². The summed E-state index contributed by atoms with van der Waals surface area (Å²) in [5.74, 6) is 0.783. The van der Waals surface area contributed by atoms with Gasteiger partial charge in [-0.05, 0) is 51.2 Å². The Morgan fingerprint density at radius 3 is 2.32 bits per heavy atom. The molecule has 0 aliphatic carbocycles. The summed E-state index contributed by atoms with van der Waals surface area (Å²) in [6.45, 7) is 4.52. The highest BCUT2D eigenvalue weighted by atomic mass is 16.5. The van der Waals surface area contributed by atoms with E-state index in [1.807, 2.05) is 19.0 Å². The van der Waals surface area contributed by atoms with Gasteiger partial charge in [0.1, 0.15) is 18.9 Å². The molecule has 22 heavy (non-hydrogen) atoms. The standard InChI is InChI=1S/C17H26N2O3/c1-5-11-17(6-2,19(3)4)16(20)14-7-9-15(10-8-14)22-13-12-18-21/h7-10H,5-6,11-13H2,1-4H3. The van der Waals surface area contributed by atoms with E-state index in [0.29, 0.717) is 11.3 Å². The first-order valence-electron chi connectivity index (χ1n) is 7.76. The number of benzene rings is 1. The van der Waals surface area contributed by atoms with E-state index in [9.17, 15) is 9.70 Å². The lowest BCUT2D eigenvalue weighted by Gasteiger charge is -2.38. The number of nitroso groups, excluding NO2 is 1. The van der Waals surface area contributed by atoms with Crippen molar-refractivity contribution in [3.8, 4) is 5.75 Å². The summed E-state index contributed by atoms with van der Waals surface area (Å²) in [6.07, 6.45) is 2.56. The van der Waals surface area contributed by atoms with Crippen LogP contribution >= 0.6 is 0 Å². The zero-order valence-corrected chi connectivity index (χ0v) is 14.0. The summed E-state index contributed by atoms with van der Waals surface area (Å²) in [5, 5.41) is 2.75. The molecular formula is C17H26N2O3. The average Bonchev–Trinajstić information content (AvgIpc) is 2.52. The minimum absolute atomic E-state index is 0.122. The molecule has 0 saturated carbocycles. The zero-order valence-electron chi connectivity index (χ0n) is 14.0. The van der Waals surface area contributed by atoms with Crippen LogP contribution < -0.4 is 4.74 Å². The van der Waals surface area contributed by atoms with Gasteiger partial charge in [-0.1, -0.05) is 25.4 Å². The van der Waals surface area contributed by atoms with Crippen LogP contribution in [0, 0.1) is 4.91 Å². The molecule has 0 bridgehead atoms. The molecule has 0 aliphatic rings. The van der Waals surface area contributed by atoms with E-state index in [0.717, 1.165) is 19.3 Å². The van der Waals surface area contributed by atoms with Gasteiger partial charge in [-0.2, -0.15) is 4.91 Å². The number of ether oxygens (including phenoxy) is 1. The second-order valence-electron chi connectivity index (χ2n) is 5.58. The number of carbonyl (C=O) groups excluding carboxylic acids is 1. The molecule has 0 fully saturated rings. The average molecular weight is 306 g/mol. The van der Waals surface area contributed by atoms with Crippen LogP contribution in [0.4, 0.5) is 0 Å². The minimum Gasteiger partial charge on any atom is -0.492 e. The Bertz CT molecular complexity index is 485. The molecule has 5 heteroatoms. The lowest BCUT2D eigenvalue weighted by Crippen LogP contribution is -2.50. The molecule has 0 radical (unpaired) electrons.